The number of aryl methyl sites for hydroxylation is 3. The van der Waals surface area contributed by atoms with Crippen LogP contribution < -0.4 is 10.2 Å². The van der Waals surface area contributed by atoms with Gasteiger partial charge in [-0.25, -0.2) is 4.98 Å². The lowest BCUT2D eigenvalue weighted by atomic mass is 10.1. The van der Waals surface area contributed by atoms with Gasteiger partial charge in [0.25, 0.3) is 0 Å². The van der Waals surface area contributed by atoms with Crippen LogP contribution in [0.15, 0.2) is 24.4 Å². The molecule has 2 aromatic rings. The van der Waals surface area contributed by atoms with E-state index in [2.05, 4.69) is 59.2 Å². The minimum Gasteiger partial charge on any atom is -0.354 e. The zero-order valence-corrected chi connectivity index (χ0v) is 13.6. The van der Waals surface area contributed by atoms with Crippen LogP contribution in [0.1, 0.15) is 30.0 Å². The Hall–Kier alpha value is -2.10. The normalized spacial score (nSPS) is 10.5. The van der Waals surface area contributed by atoms with Crippen molar-refractivity contribution in [3.05, 3.63) is 41.1 Å². The van der Waals surface area contributed by atoms with Gasteiger partial charge in [0.2, 0.25) is 5.95 Å². The van der Waals surface area contributed by atoms with Gasteiger partial charge in [-0.3, -0.25) is 0 Å². The van der Waals surface area contributed by atoms with Crippen LogP contribution in [-0.4, -0.2) is 23.6 Å². The Morgan fingerprint density at radius 2 is 1.76 bits per heavy atom. The molecular weight excluding hydrogens is 260 g/mol. The van der Waals surface area contributed by atoms with E-state index < -0.39 is 0 Å². The van der Waals surface area contributed by atoms with E-state index in [9.17, 15) is 0 Å². The summed E-state index contributed by atoms with van der Waals surface area (Å²) >= 11 is 0. The number of benzene rings is 1. The van der Waals surface area contributed by atoms with E-state index >= 15 is 0 Å². The summed E-state index contributed by atoms with van der Waals surface area (Å²) in [6.45, 7) is 9.29. The third-order valence-corrected chi connectivity index (χ3v) is 3.39. The Bertz CT molecular complexity index is 602. The van der Waals surface area contributed by atoms with Crippen LogP contribution in [0, 0.1) is 20.8 Å². The minimum absolute atomic E-state index is 0.689. The van der Waals surface area contributed by atoms with Gasteiger partial charge in [-0.15, -0.1) is 0 Å². The molecule has 0 unspecified atom stereocenters. The molecule has 1 aromatic carbocycles. The molecule has 0 aliphatic heterocycles. The summed E-state index contributed by atoms with van der Waals surface area (Å²) in [5.41, 5.74) is 4.73. The largest absolute Gasteiger partial charge is 0.354 e. The number of anilines is 3. The summed E-state index contributed by atoms with van der Waals surface area (Å²) in [7, 11) is 2.05. The van der Waals surface area contributed by atoms with Crippen LogP contribution >= 0.6 is 0 Å². The molecule has 0 bridgehead atoms. The van der Waals surface area contributed by atoms with Gasteiger partial charge in [-0.2, -0.15) is 4.98 Å². The second-order valence-corrected chi connectivity index (χ2v) is 5.53. The first-order valence-electron chi connectivity index (χ1n) is 7.40. The first-order valence-corrected chi connectivity index (χ1v) is 7.40. The highest BCUT2D eigenvalue weighted by atomic mass is 15.2. The Morgan fingerprint density at radius 3 is 2.38 bits per heavy atom. The maximum absolute atomic E-state index is 4.65. The molecule has 0 aliphatic rings. The maximum atomic E-state index is 4.65. The molecule has 0 amide bonds. The van der Waals surface area contributed by atoms with Gasteiger partial charge in [0.15, 0.2) is 0 Å². The lowest BCUT2D eigenvalue weighted by Crippen LogP contribution is -2.15. The zero-order valence-electron chi connectivity index (χ0n) is 13.6. The summed E-state index contributed by atoms with van der Waals surface area (Å²) < 4.78 is 0. The van der Waals surface area contributed by atoms with Crippen LogP contribution in [0.4, 0.5) is 17.5 Å². The number of hydrogen-bond acceptors (Lipinski definition) is 4. The van der Waals surface area contributed by atoms with E-state index in [0.29, 0.717) is 5.95 Å². The summed E-state index contributed by atoms with van der Waals surface area (Å²) in [4.78, 5) is 11.1. The van der Waals surface area contributed by atoms with E-state index in [-0.39, 0.29) is 0 Å². The quantitative estimate of drug-likeness (QED) is 0.901. The number of hydrogen-bond donors (Lipinski definition) is 1. The molecule has 2 rings (SSSR count). The maximum Gasteiger partial charge on any atom is 0.224 e. The van der Waals surface area contributed by atoms with Crippen LogP contribution in [0.2, 0.25) is 0 Å². The van der Waals surface area contributed by atoms with Crippen molar-refractivity contribution in [1.29, 1.82) is 0 Å². The average Bonchev–Trinajstić information content (AvgIpc) is 2.44. The van der Waals surface area contributed by atoms with Crippen molar-refractivity contribution in [3.63, 3.8) is 0 Å². The van der Waals surface area contributed by atoms with Gasteiger partial charge in [-0.1, -0.05) is 13.0 Å². The summed E-state index contributed by atoms with van der Waals surface area (Å²) in [6.07, 6.45) is 2.93. The predicted octanol–water partition coefficient (Wildman–Crippen LogP) is 3.99. The summed E-state index contributed by atoms with van der Waals surface area (Å²) in [6, 6.07) is 6.53. The van der Waals surface area contributed by atoms with Gasteiger partial charge in [0, 0.05) is 31.0 Å². The third-order valence-electron chi connectivity index (χ3n) is 3.39. The lowest BCUT2D eigenvalue weighted by Gasteiger charge is -2.21. The Kier molecular flexibility index (Phi) is 4.78. The molecule has 1 aromatic heterocycles. The van der Waals surface area contributed by atoms with E-state index in [1.54, 1.807) is 0 Å². The molecule has 0 saturated heterocycles. The molecule has 0 atom stereocenters. The van der Waals surface area contributed by atoms with Crippen molar-refractivity contribution in [2.45, 2.75) is 34.1 Å². The Labute approximate surface area is 127 Å². The summed E-state index contributed by atoms with van der Waals surface area (Å²) in [5, 5.41) is 3.24. The second kappa shape index (κ2) is 6.57. The zero-order chi connectivity index (χ0) is 15.4. The van der Waals surface area contributed by atoms with Crippen LogP contribution in [-0.2, 0) is 0 Å². The van der Waals surface area contributed by atoms with Gasteiger partial charge >= 0.3 is 0 Å². The second-order valence-electron chi connectivity index (χ2n) is 5.53. The smallest absolute Gasteiger partial charge is 0.224 e. The molecule has 4 heteroatoms. The first-order chi connectivity index (χ1) is 10.0. The van der Waals surface area contributed by atoms with E-state index in [1.807, 2.05) is 20.2 Å². The molecule has 1 N–H and O–H groups in total. The predicted molar refractivity (Wildman–Crippen MR) is 89.5 cm³/mol. The minimum atomic E-state index is 0.689. The van der Waals surface area contributed by atoms with Crippen molar-refractivity contribution in [2.24, 2.45) is 0 Å². The van der Waals surface area contributed by atoms with E-state index in [4.69, 9.17) is 0 Å². The van der Waals surface area contributed by atoms with Crippen molar-refractivity contribution in [3.8, 4) is 0 Å². The topological polar surface area (TPSA) is 41.1 Å². The fourth-order valence-corrected chi connectivity index (χ4v) is 2.36. The molecule has 112 valence electrons. The standard InChI is InChI=1S/C17H24N4/c1-6-7-18-17-19-11-14(4)16(20-17)21(5)15-9-12(2)8-13(3)10-15/h8-11H,6-7H2,1-5H3,(H,18,19,20). The van der Waals surface area contributed by atoms with Crippen molar-refractivity contribution in [2.75, 3.05) is 23.8 Å². The fraction of sp³-hybridized carbons (Fsp3) is 0.412. The van der Waals surface area contributed by atoms with Crippen LogP contribution in [0.5, 0.6) is 0 Å². The van der Waals surface area contributed by atoms with Crippen molar-refractivity contribution < 1.29 is 0 Å². The van der Waals surface area contributed by atoms with Gasteiger partial charge < -0.3 is 10.2 Å². The lowest BCUT2D eigenvalue weighted by molar-refractivity contribution is 0.944. The molecule has 0 spiro atoms. The molecular formula is C17H24N4. The third kappa shape index (κ3) is 3.72. The molecule has 0 aliphatic carbocycles. The van der Waals surface area contributed by atoms with Crippen molar-refractivity contribution >= 4 is 17.5 Å². The van der Waals surface area contributed by atoms with Gasteiger partial charge in [-0.05, 0) is 50.5 Å². The number of nitrogens with zero attached hydrogens (tertiary/aromatic N) is 3. The fourth-order valence-electron chi connectivity index (χ4n) is 2.36. The molecule has 0 saturated carbocycles. The Morgan fingerprint density at radius 1 is 1.10 bits per heavy atom. The molecule has 4 nitrogen and oxygen atoms in total. The highest BCUT2D eigenvalue weighted by Crippen LogP contribution is 2.27. The monoisotopic (exact) mass is 284 g/mol. The number of aromatic nitrogens is 2. The average molecular weight is 284 g/mol. The number of rotatable bonds is 5. The van der Waals surface area contributed by atoms with Crippen LogP contribution in [0.3, 0.4) is 0 Å². The summed E-state index contributed by atoms with van der Waals surface area (Å²) in [5.74, 6) is 1.63. The van der Waals surface area contributed by atoms with Crippen LogP contribution in [0.25, 0.3) is 0 Å². The molecule has 0 radical (unpaired) electrons. The molecule has 1 heterocycles. The first kappa shape index (κ1) is 15.3. The van der Waals surface area contributed by atoms with E-state index in [0.717, 1.165) is 30.0 Å². The SMILES string of the molecule is CCCNc1ncc(C)c(N(C)c2cc(C)cc(C)c2)n1. The molecule has 0 fully saturated rings. The highest BCUT2D eigenvalue weighted by molar-refractivity contribution is 5.64. The van der Waals surface area contributed by atoms with Gasteiger partial charge in [0.05, 0.1) is 0 Å². The Balaban J connectivity index is 2.35. The molecule has 21 heavy (non-hydrogen) atoms. The highest BCUT2D eigenvalue weighted by Gasteiger charge is 2.11. The number of nitrogens with one attached hydrogen (secondary N) is 1. The van der Waals surface area contributed by atoms with Crippen molar-refractivity contribution in [1.82, 2.24) is 9.97 Å². The van der Waals surface area contributed by atoms with Gasteiger partial charge in [0.1, 0.15) is 5.82 Å². The van der Waals surface area contributed by atoms with E-state index in [1.165, 1.54) is 11.1 Å².